The van der Waals surface area contributed by atoms with Crippen LogP contribution in [0.25, 0.3) is 33.8 Å². The predicted octanol–water partition coefficient (Wildman–Crippen LogP) is 4.37. The molecular weight excluding hydrogens is 423 g/mol. The Kier molecular flexibility index (Phi) is 4.91. The maximum absolute atomic E-state index is 13.4. The number of anilines is 2. The van der Waals surface area contributed by atoms with Crippen LogP contribution < -0.4 is 11.1 Å². The monoisotopic (exact) mass is 440 g/mol. The van der Waals surface area contributed by atoms with Crippen LogP contribution in [0.4, 0.5) is 15.9 Å². The number of fused-ring (bicyclic) bond motifs is 1. The molecule has 0 saturated heterocycles. The van der Waals surface area contributed by atoms with Gasteiger partial charge in [-0.2, -0.15) is 0 Å². The summed E-state index contributed by atoms with van der Waals surface area (Å²) in [4.78, 5) is 29.0. The smallest absolute Gasteiger partial charge is 0.255 e. The van der Waals surface area contributed by atoms with Gasteiger partial charge in [0.25, 0.3) is 5.91 Å². The quantitative estimate of drug-likeness (QED) is 0.328. The second-order valence-corrected chi connectivity index (χ2v) is 7.32. The van der Waals surface area contributed by atoms with Crippen LogP contribution in [0.3, 0.4) is 0 Å². The van der Waals surface area contributed by atoms with Crippen LogP contribution in [-0.2, 0) is 0 Å². The molecule has 0 unspecified atom stereocenters. The van der Waals surface area contributed by atoms with Gasteiger partial charge in [0.2, 0.25) is 0 Å². The fourth-order valence-electron chi connectivity index (χ4n) is 3.41. The lowest BCUT2D eigenvalue weighted by molar-refractivity contribution is 0.102. The standard InChI is InChI=1S/C24H17FN6O2/c25-15-4-2-5-16(11-15)28-24(33)14-7-8-18-19(10-14)31-23(30-18)21-22(26)27-12-20(29-21)13-3-1-6-17(32)9-13/h1-12,32H,(H2,26,27)(H,28,33)(H,30,31). The van der Waals surface area contributed by atoms with E-state index in [4.69, 9.17) is 5.73 Å². The minimum atomic E-state index is -0.437. The van der Waals surface area contributed by atoms with Crippen LogP contribution in [0.2, 0.25) is 0 Å². The zero-order valence-corrected chi connectivity index (χ0v) is 17.1. The molecule has 5 rings (SSSR count). The molecule has 9 heteroatoms. The van der Waals surface area contributed by atoms with Crippen molar-refractivity contribution in [2.24, 2.45) is 0 Å². The van der Waals surface area contributed by atoms with Crippen molar-refractivity contribution in [1.82, 2.24) is 19.9 Å². The SMILES string of the molecule is Nc1ncc(-c2cccc(O)c2)nc1-c1nc2ccc(C(=O)Nc3cccc(F)c3)cc2[nH]1. The van der Waals surface area contributed by atoms with Crippen molar-refractivity contribution >= 4 is 28.4 Å². The van der Waals surface area contributed by atoms with E-state index in [1.807, 2.05) is 0 Å². The second kappa shape index (κ2) is 8.04. The second-order valence-electron chi connectivity index (χ2n) is 7.32. The van der Waals surface area contributed by atoms with E-state index >= 15 is 0 Å². The van der Waals surface area contributed by atoms with Gasteiger partial charge in [0.1, 0.15) is 17.3 Å². The number of aromatic nitrogens is 4. The van der Waals surface area contributed by atoms with E-state index in [1.165, 1.54) is 24.4 Å². The maximum atomic E-state index is 13.4. The fraction of sp³-hybridized carbons (Fsp3) is 0. The Bertz CT molecular complexity index is 1510. The van der Waals surface area contributed by atoms with Crippen LogP contribution in [-0.4, -0.2) is 30.9 Å². The molecule has 0 aliphatic carbocycles. The third-order valence-electron chi connectivity index (χ3n) is 4.99. The van der Waals surface area contributed by atoms with Crippen LogP contribution in [0.15, 0.2) is 72.9 Å². The molecule has 0 aliphatic rings. The number of hydrogen-bond donors (Lipinski definition) is 4. The number of nitrogens with two attached hydrogens (primary N) is 1. The largest absolute Gasteiger partial charge is 0.508 e. The Hall–Kier alpha value is -4.79. The van der Waals surface area contributed by atoms with Gasteiger partial charge in [-0.1, -0.05) is 18.2 Å². The molecule has 2 aromatic heterocycles. The first-order valence-electron chi connectivity index (χ1n) is 9.95. The van der Waals surface area contributed by atoms with E-state index in [2.05, 4.69) is 25.3 Å². The highest BCUT2D eigenvalue weighted by atomic mass is 19.1. The fourth-order valence-corrected chi connectivity index (χ4v) is 3.41. The average Bonchev–Trinajstić information content (AvgIpc) is 3.22. The maximum Gasteiger partial charge on any atom is 0.255 e. The minimum Gasteiger partial charge on any atom is -0.508 e. The molecule has 33 heavy (non-hydrogen) atoms. The predicted molar refractivity (Wildman–Crippen MR) is 123 cm³/mol. The number of halogens is 1. The van der Waals surface area contributed by atoms with Crippen molar-refractivity contribution in [2.75, 3.05) is 11.1 Å². The molecule has 0 spiro atoms. The van der Waals surface area contributed by atoms with Crippen LogP contribution >= 0.6 is 0 Å². The summed E-state index contributed by atoms with van der Waals surface area (Å²) in [7, 11) is 0. The number of nitrogen functional groups attached to an aromatic ring is 1. The van der Waals surface area contributed by atoms with E-state index in [-0.39, 0.29) is 17.5 Å². The number of phenolic OH excluding ortho intramolecular Hbond substituents is 1. The Morgan fingerprint density at radius 3 is 2.70 bits per heavy atom. The molecule has 1 amide bonds. The van der Waals surface area contributed by atoms with Crippen molar-refractivity contribution < 1.29 is 14.3 Å². The summed E-state index contributed by atoms with van der Waals surface area (Å²) in [5.41, 5.74) is 9.53. The first-order chi connectivity index (χ1) is 16.0. The van der Waals surface area contributed by atoms with Gasteiger partial charge in [-0.3, -0.25) is 4.79 Å². The molecule has 8 nitrogen and oxygen atoms in total. The van der Waals surface area contributed by atoms with Crippen LogP contribution in [0.1, 0.15) is 10.4 Å². The number of imidazole rings is 1. The van der Waals surface area contributed by atoms with Gasteiger partial charge in [0.15, 0.2) is 11.6 Å². The van der Waals surface area contributed by atoms with Gasteiger partial charge >= 0.3 is 0 Å². The lowest BCUT2D eigenvalue weighted by Gasteiger charge is -2.05. The summed E-state index contributed by atoms with van der Waals surface area (Å²) < 4.78 is 13.4. The van der Waals surface area contributed by atoms with Gasteiger partial charge in [-0.15, -0.1) is 0 Å². The first kappa shape index (κ1) is 20.1. The Morgan fingerprint density at radius 1 is 1.03 bits per heavy atom. The summed E-state index contributed by atoms with van der Waals surface area (Å²) in [6.07, 6.45) is 1.52. The molecule has 3 aromatic carbocycles. The number of benzene rings is 3. The Balaban J connectivity index is 1.48. The number of carbonyl (C=O) groups excluding carboxylic acids is 1. The number of phenols is 1. The summed E-state index contributed by atoms with van der Waals surface area (Å²) in [6.45, 7) is 0. The lowest BCUT2D eigenvalue weighted by Crippen LogP contribution is -2.11. The van der Waals surface area contributed by atoms with Gasteiger partial charge in [-0.25, -0.2) is 19.3 Å². The Morgan fingerprint density at radius 2 is 1.88 bits per heavy atom. The highest BCUT2D eigenvalue weighted by Gasteiger charge is 2.15. The summed E-state index contributed by atoms with van der Waals surface area (Å²) >= 11 is 0. The lowest BCUT2D eigenvalue weighted by atomic mass is 10.1. The van der Waals surface area contributed by atoms with Crippen molar-refractivity contribution in [1.29, 1.82) is 0 Å². The zero-order valence-electron chi connectivity index (χ0n) is 17.1. The van der Waals surface area contributed by atoms with Crippen molar-refractivity contribution in [3.8, 4) is 28.5 Å². The van der Waals surface area contributed by atoms with E-state index in [0.29, 0.717) is 45.1 Å². The van der Waals surface area contributed by atoms with Crippen LogP contribution in [0, 0.1) is 5.82 Å². The minimum absolute atomic E-state index is 0.112. The number of hydrogen-bond acceptors (Lipinski definition) is 6. The molecule has 0 radical (unpaired) electrons. The molecular formula is C24H17FN6O2. The molecule has 0 saturated carbocycles. The summed E-state index contributed by atoms with van der Waals surface area (Å²) in [6, 6.07) is 17.3. The number of rotatable bonds is 4. The molecule has 2 heterocycles. The van der Waals surface area contributed by atoms with E-state index in [0.717, 1.165) is 0 Å². The number of amides is 1. The summed E-state index contributed by atoms with van der Waals surface area (Å²) in [5.74, 6) is -0.140. The topological polar surface area (TPSA) is 130 Å². The third kappa shape index (κ3) is 4.07. The third-order valence-corrected chi connectivity index (χ3v) is 4.99. The average molecular weight is 440 g/mol. The van der Waals surface area contributed by atoms with E-state index in [1.54, 1.807) is 48.5 Å². The van der Waals surface area contributed by atoms with E-state index in [9.17, 15) is 14.3 Å². The molecule has 5 aromatic rings. The molecule has 0 bridgehead atoms. The van der Waals surface area contributed by atoms with Crippen molar-refractivity contribution in [3.05, 3.63) is 84.3 Å². The number of nitrogens with zero attached hydrogens (tertiary/aromatic N) is 3. The molecule has 5 N–H and O–H groups in total. The Labute approximate surface area is 187 Å². The number of nitrogens with one attached hydrogen (secondary N) is 2. The van der Waals surface area contributed by atoms with Gasteiger partial charge in [-0.05, 0) is 48.5 Å². The van der Waals surface area contributed by atoms with Crippen molar-refractivity contribution in [3.63, 3.8) is 0 Å². The normalized spacial score (nSPS) is 10.9. The van der Waals surface area contributed by atoms with Gasteiger partial charge in [0, 0.05) is 16.8 Å². The highest BCUT2D eigenvalue weighted by molar-refractivity contribution is 6.06. The number of carbonyl (C=O) groups is 1. The molecule has 0 fully saturated rings. The molecule has 0 atom stereocenters. The van der Waals surface area contributed by atoms with Gasteiger partial charge < -0.3 is 21.1 Å². The number of aromatic amines is 1. The molecule has 0 aliphatic heterocycles. The number of H-pyrrole nitrogens is 1. The van der Waals surface area contributed by atoms with Crippen molar-refractivity contribution in [2.45, 2.75) is 0 Å². The molecule has 162 valence electrons. The van der Waals surface area contributed by atoms with Crippen LogP contribution in [0.5, 0.6) is 5.75 Å². The zero-order chi connectivity index (χ0) is 22.9. The number of aromatic hydroxyl groups is 1. The highest BCUT2D eigenvalue weighted by Crippen LogP contribution is 2.27. The van der Waals surface area contributed by atoms with Gasteiger partial charge in [0.05, 0.1) is 22.9 Å². The first-order valence-corrected chi connectivity index (χ1v) is 9.95. The summed E-state index contributed by atoms with van der Waals surface area (Å²) in [5, 5.41) is 12.4. The van der Waals surface area contributed by atoms with E-state index < -0.39 is 5.82 Å².